The average molecular weight is 151 g/mol. The lowest BCUT2D eigenvalue weighted by molar-refractivity contribution is 0.0696. The van der Waals surface area contributed by atoms with Crippen molar-refractivity contribution in [2.45, 2.75) is 0 Å². The van der Waals surface area contributed by atoms with Gasteiger partial charge in [0.1, 0.15) is 7.85 Å². The molecule has 11 heavy (non-hydrogen) atoms. The van der Waals surface area contributed by atoms with Crippen LogP contribution in [0.5, 0.6) is 5.88 Å². The topological polar surface area (TPSA) is 70.4 Å². The van der Waals surface area contributed by atoms with Gasteiger partial charge in [-0.15, -0.1) is 0 Å². The standard InChI is InChI=1S/C6H6BNO3/c7-4-1-3(6(10)11)2-8-5(4)9/h1-2H,7H2,(H,8,9)(H,10,11). The van der Waals surface area contributed by atoms with E-state index in [1.165, 1.54) is 6.07 Å². The molecule has 1 aromatic heterocycles. The van der Waals surface area contributed by atoms with Gasteiger partial charge in [0.25, 0.3) is 0 Å². The number of pyridine rings is 1. The summed E-state index contributed by atoms with van der Waals surface area (Å²) in [6, 6.07) is 1.37. The number of carbonyl (C=O) groups is 1. The van der Waals surface area contributed by atoms with E-state index >= 15 is 0 Å². The molecular weight excluding hydrogens is 145 g/mol. The summed E-state index contributed by atoms with van der Waals surface area (Å²) < 4.78 is 0. The summed E-state index contributed by atoms with van der Waals surface area (Å²) in [6.45, 7) is 0. The Balaban J connectivity index is 3.15. The number of aromatic carboxylic acids is 1. The fourth-order valence-electron chi connectivity index (χ4n) is 0.685. The molecule has 0 aliphatic heterocycles. The summed E-state index contributed by atoms with van der Waals surface area (Å²) in [5.41, 5.74) is 0.546. The molecule has 0 amide bonds. The van der Waals surface area contributed by atoms with Crippen molar-refractivity contribution < 1.29 is 15.0 Å². The quantitative estimate of drug-likeness (QED) is 0.491. The molecule has 0 unspecified atom stereocenters. The van der Waals surface area contributed by atoms with Gasteiger partial charge in [-0.2, -0.15) is 0 Å². The van der Waals surface area contributed by atoms with E-state index in [9.17, 15) is 4.79 Å². The minimum Gasteiger partial charge on any atom is -0.494 e. The van der Waals surface area contributed by atoms with Crippen molar-refractivity contribution in [1.82, 2.24) is 4.98 Å². The van der Waals surface area contributed by atoms with Crippen molar-refractivity contribution in [3.05, 3.63) is 17.8 Å². The van der Waals surface area contributed by atoms with Gasteiger partial charge < -0.3 is 10.2 Å². The number of aromatic hydroxyl groups is 1. The van der Waals surface area contributed by atoms with E-state index in [0.717, 1.165) is 6.20 Å². The second kappa shape index (κ2) is 2.61. The average Bonchev–Trinajstić information content (AvgIpc) is 1.94. The summed E-state index contributed by atoms with van der Waals surface area (Å²) in [4.78, 5) is 13.8. The molecule has 1 rings (SSSR count). The highest BCUT2D eigenvalue weighted by Gasteiger charge is 2.04. The summed E-state index contributed by atoms with van der Waals surface area (Å²) in [5.74, 6) is -1.17. The van der Waals surface area contributed by atoms with Crippen LogP contribution in [0.3, 0.4) is 0 Å². The normalized spacial score (nSPS) is 9.45. The maximum absolute atomic E-state index is 10.3. The fourth-order valence-corrected chi connectivity index (χ4v) is 0.685. The van der Waals surface area contributed by atoms with Crippen LogP contribution in [0.25, 0.3) is 0 Å². The van der Waals surface area contributed by atoms with E-state index in [2.05, 4.69) is 4.98 Å². The first kappa shape index (κ1) is 7.59. The summed E-state index contributed by atoms with van der Waals surface area (Å²) >= 11 is 0. The minimum absolute atomic E-state index is 0.0836. The van der Waals surface area contributed by atoms with Gasteiger partial charge in [0.2, 0.25) is 5.88 Å². The molecule has 1 aromatic rings. The second-order valence-electron chi connectivity index (χ2n) is 2.17. The highest BCUT2D eigenvalue weighted by atomic mass is 16.4. The lowest BCUT2D eigenvalue weighted by atomic mass is 9.96. The molecule has 0 aliphatic carbocycles. The van der Waals surface area contributed by atoms with Crippen LogP contribution in [-0.2, 0) is 0 Å². The number of hydrogen-bond acceptors (Lipinski definition) is 3. The predicted octanol–water partition coefficient (Wildman–Crippen LogP) is -1.26. The van der Waals surface area contributed by atoms with Crippen molar-refractivity contribution in [3.8, 4) is 5.88 Å². The van der Waals surface area contributed by atoms with Gasteiger partial charge >= 0.3 is 5.97 Å². The molecule has 0 saturated heterocycles. The molecule has 56 valence electrons. The van der Waals surface area contributed by atoms with Crippen molar-refractivity contribution in [1.29, 1.82) is 0 Å². The van der Waals surface area contributed by atoms with Gasteiger partial charge in [-0.05, 0) is 11.5 Å². The molecule has 5 heteroatoms. The molecule has 0 fully saturated rings. The molecule has 0 spiro atoms. The Bertz CT molecular complexity index is 300. The predicted molar refractivity (Wildman–Crippen MR) is 41.0 cm³/mol. The third-order valence-corrected chi connectivity index (χ3v) is 1.30. The van der Waals surface area contributed by atoms with Crippen molar-refractivity contribution in [2.75, 3.05) is 0 Å². The van der Waals surface area contributed by atoms with Crippen molar-refractivity contribution in [3.63, 3.8) is 0 Å². The van der Waals surface area contributed by atoms with Gasteiger partial charge in [-0.3, -0.25) is 0 Å². The smallest absolute Gasteiger partial charge is 0.337 e. The Hall–Kier alpha value is -1.52. The van der Waals surface area contributed by atoms with E-state index in [1.807, 2.05) is 0 Å². The molecule has 0 aromatic carbocycles. The zero-order chi connectivity index (χ0) is 8.43. The molecule has 2 N–H and O–H groups in total. The number of hydrogen-bond donors (Lipinski definition) is 2. The molecule has 4 nitrogen and oxygen atoms in total. The van der Waals surface area contributed by atoms with E-state index in [0.29, 0.717) is 5.46 Å². The van der Waals surface area contributed by atoms with E-state index in [4.69, 9.17) is 10.2 Å². The highest BCUT2D eigenvalue weighted by molar-refractivity contribution is 6.34. The third kappa shape index (κ3) is 1.49. The fraction of sp³-hybridized carbons (Fsp3) is 0. The minimum atomic E-state index is -1.04. The van der Waals surface area contributed by atoms with Crippen LogP contribution in [0.4, 0.5) is 0 Å². The lowest BCUT2D eigenvalue weighted by Crippen LogP contribution is -2.09. The van der Waals surface area contributed by atoms with Crippen LogP contribution in [0.2, 0.25) is 0 Å². The van der Waals surface area contributed by atoms with Gasteiger partial charge in [-0.1, -0.05) is 0 Å². The van der Waals surface area contributed by atoms with Crippen LogP contribution >= 0.6 is 0 Å². The first-order valence-electron chi connectivity index (χ1n) is 3.00. The Morgan fingerprint density at radius 2 is 2.27 bits per heavy atom. The van der Waals surface area contributed by atoms with Gasteiger partial charge in [0.05, 0.1) is 5.56 Å². The van der Waals surface area contributed by atoms with Crippen LogP contribution in [0.15, 0.2) is 12.3 Å². The maximum atomic E-state index is 10.3. The summed E-state index contributed by atoms with van der Waals surface area (Å²) in [6.07, 6.45) is 1.12. The Labute approximate surface area is 63.9 Å². The van der Waals surface area contributed by atoms with Crippen LogP contribution in [0.1, 0.15) is 10.4 Å². The SMILES string of the molecule is Bc1cc(C(=O)O)cnc1O. The van der Waals surface area contributed by atoms with Gasteiger partial charge in [0, 0.05) is 6.20 Å². The van der Waals surface area contributed by atoms with Crippen LogP contribution in [0, 0.1) is 0 Å². The monoisotopic (exact) mass is 151 g/mol. The van der Waals surface area contributed by atoms with E-state index in [-0.39, 0.29) is 11.4 Å². The van der Waals surface area contributed by atoms with Gasteiger partial charge in [-0.25, -0.2) is 9.78 Å². The largest absolute Gasteiger partial charge is 0.494 e. The number of carboxylic acids is 1. The maximum Gasteiger partial charge on any atom is 0.337 e. The number of carboxylic acid groups (broad SMARTS) is 1. The number of nitrogens with zero attached hydrogens (tertiary/aromatic N) is 1. The molecule has 0 atom stereocenters. The molecule has 0 aliphatic rings. The lowest BCUT2D eigenvalue weighted by Gasteiger charge is -1.97. The first-order valence-corrected chi connectivity index (χ1v) is 3.00. The van der Waals surface area contributed by atoms with Gasteiger partial charge in [0.15, 0.2) is 0 Å². The Morgan fingerprint density at radius 3 is 2.73 bits per heavy atom. The van der Waals surface area contributed by atoms with E-state index < -0.39 is 5.97 Å². The highest BCUT2D eigenvalue weighted by Crippen LogP contribution is 2.00. The summed E-state index contributed by atoms with van der Waals surface area (Å²) in [5, 5.41) is 17.4. The molecule has 1 heterocycles. The second-order valence-corrected chi connectivity index (χ2v) is 2.17. The zero-order valence-corrected chi connectivity index (χ0v) is 5.90. The number of rotatable bonds is 1. The number of aromatic nitrogens is 1. The molecular formula is C6H6BNO3. The zero-order valence-electron chi connectivity index (χ0n) is 5.90. The molecule has 0 bridgehead atoms. The van der Waals surface area contributed by atoms with Crippen molar-refractivity contribution >= 4 is 19.3 Å². The Morgan fingerprint density at radius 1 is 1.64 bits per heavy atom. The van der Waals surface area contributed by atoms with Crippen LogP contribution < -0.4 is 5.46 Å². The Kier molecular flexibility index (Phi) is 1.80. The molecule has 0 saturated carbocycles. The van der Waals surface area contributed by atoms with E-state index in [1.54, 1.807) is 7.85 Å². The molecule has 0 radical (unpaired) electrons. The summed E-state index contributed by atoms with van der Waals surface area (Å²) in [7, 11) is 1.59. The third-order valence-electron chi connectivity index (χ3n) is 1.30. The first-order chi connectivity index (χ1) is 5.11. The van der Waals surface area contributed by atoms with Crippen LogP contribution in [-0.4, -0.2) is 29.0 Å². The van der Waals surface area contributed by atoms with Crippen molar-refractivity contribution in [2.24, 2.45) is 0 Å².